The van der Waals surface area contributed by atoms with Gasteiger partial charge in [0, 0.05) is 29.7 Å². The van der Waals surface area contributed by atoms with Gasteiger partial charge in [0.05, 0.1) is 5.56 Å². The molecule has 0 saturated carbocycles. The van der Waals surface area contributed by atoms with Crippen molar-refractivity contribution in [3.63, 3.8) is 0 Å². The summed E-state index contributed by atoms with van der Waals surface area (Å²) in [6, 6.07) is 82.1. The molecular formula is C71H60O10. The summed E-state index contributed by atoms with van der Waals surface area (Å²) in [5.74, 6) is 3.05. The Hall–Kier alpha value is -9.93. The number of esters is 1. The molecule has 0 spiro atoms. The van der Waals surface area contributed by atoms with Crippen LogP contribution < -0.4 is 37.9 Å². The molecule has 0 saturated heterocycles. The molecular weight excluding hydrogens is 1010 g/mol. The number of hydrogen-bond donors (Lipinski definition) is 0. The van der Waals surface area contributed by atoms with Crippen molar-refractivity contribution in [2.75, 3.05) is 0 Å². The smallest absolute Gasteiger partial charge is 0.338 e. The zero-order chi connectivity index (χ0) is 54.8. The van der Waals surface area contributed by atoms with Crippen LogP contribution in [0.3, 0.4) is 0 Å². The number of fused-ring (bicyclic) bond motifs is 1. The number of carbonyl (C=O) groups is 1. The van der Waals surface area contributed by atoms with Crippen LogP contribution in [-0.4, -0.2) is 12.1 Å². The zero-order valence-corrected chi connectivity index (χ0v) is 44.6. The third-order valence-electron chi connectivity index (χ3n) is 13.6. The van der Waals surface area contributed by atoms with E-state index in [1.54, 1.807) is 18.2 Å². The van der Waals surface area contributed by atoms with Crippen LogP contribution in [0.1, 0.15) is 66.5 Å². The summed E-state index contributed by atoms with van der Waals surface area (Å²) in [4.78, 5) is 15.0. The molecule has 1 aliphatic heterocycles. The number of ether oxygens (including phenoxy) is 9. The van der Waals surface area contributed by atoms with Crippen LogP contribution in [0.4, 0.5) is 0 Å². The molecule has 0 unspecified atom stereocenters. The molecule has 1 aliphatic rings. The SMILES string of the molecule is O=C(O[C@@H]1Cc2c(OCc3ccccc3)cc(OCc3ccccc3)cc2O[C@H]1c1cc(OCc2ccccc2)c(OCc2ccccc2)c(OCc2ccccc2)c1)c1ccc(OCc2ccccc2)c(OCc2ccccc2)c1. The highest BCUT2D eigenvalue weighted by atomic mass is 16.6. The summed E-state index contributed by atoms with van der Waals surface area (Å²) >= 11 is 0. The van der Waals surface area contributed by atoms with Crippen LogP contribution in [0.15, 0.2) is 255 Å². The molecule has 11 rings (SSSR count). The van der Waals surface area contributed by atoms with Crippen molar-refractivity contribution in [3.05, 3.63) is 310 Å². The number of hydrogen-bond acceptors (Lipinski definition) is 10. The second-order valence-electron chi connectivity index (χ2n) is 19.5. The minimum absolute atomic E-state index is 0.192. The van der Waals surface area contributed by atoms with Crippen molar-refractivity contribution in [2.45, 2.75) is 64.9 Å². The maximum absolute atomic E-state index is 15.0. The summed E-state index contributed by atoms with van der Waals surface area (Å²) in [6.45, 7) is 1.80. The van der Waals surface area contributed by atoms with E-state index in [1.807, 2.05) is 237 Å². The average Bonchev–Trinajstić information content (AvgIpc) is 3.64. The Morgan fingerprint density at radius 2 is 0.728 bits per heavy atom. The highest BCUT2D eigenvalue weighted by molar-refractivity contribution is 5.90. The highest BCUT2D eigenvalue weighted by Crippen LogP contribution is 2.48. The largest absolute Gasteiger partial charge is 0.489 e. The summed E-state index contributed by atoms with van der Waals surface area (Å²) in [5, 5.41) is 0. The van der Waals surface area contributed by atoms with E-state index in [1.165, 1.54) is 0 Å². The third kappa shape index (κ3) is 14.4. The standard InChI is InChI=1S/C71H60O10/c72-71(58-36-37-62(74-45-52-24-10-2-11-25-52)65(38-58)76-47-54-28-14-4-15-29-54)81-68-43-61-63(75-46-53-26-12-3-13-27-53)41-60(73-44-51-22-8-1-9-23-51)42-64(61)80-69(68)59-39-66(77-48-55-30-16-5-17-31-55)70(79-50-57-34-20-7-21-35-57)67(40-59)78-49-56-32-18-6-19-33-56/h1-42,68-69H,43-50H2/t68-,69+/m1/s1. The van der Waals surface area contributed by atoms with Gasteiger partial charge < -0.3 is 42.6 Å². The van der Waals surface area contributed by atoms with E-state index >= 15 is 4.79 Å². The Balaban J connectivity index is 1.000. The van der Waals surface area contributed by atoms with Crippen LogP contribution in [-0.2, 0) is 57.4 Å². The second kappa shape index (κ2) is 26.6. The lowest BCUT2D eigenvalue weighted by molar-refractivity contribution is -0.0191. The topological polar surface area (TPSA) is 100 Å². The fourth-order valence-corrected chi connectivity index (χ4v) is 9.36. The first-order valence-electron chi connectivity index (χ1n) is 27.1. The molecule has 10 nitrogen and oxygen atoms in total. The molecule has 0 aromatic heterocycles. The first-order chi connectivity index (χ1) is 40.0. The molecule has 0 bridgehead atoms. The fraction of sp³-hybridized carbons (Fsp3) is 0.141. The molecule has 0 N–H and O–H groups in total. The van der Waals surface area contributed by atoms with Crippen LogP contribution in [0.2, 0.25) is 0 Å². The maximum Gasteiger partial charge on any atom is 0.338 e. The van der Waals surface area contributed by atoms with E-state index in [0.717, 1.165) is 38.9 Å². The van der Waals surface area contributed by atoms with Crippen LogP contribution in [0.5, 0.6) is 46.0 Å². The lowest BCUT2D eigenvalue weighted by Crippen LogP contribution is -2.35. The lowest BCUT2D eigenvalue weighted by atomic mass is 9.93. The van der Waals surface area contributed by atoms with Gasteiger partial charge in [0.1, 0.15) is 69.6 Å². The second-order valence-corrected chi connectivity index (χ2v) is 19.5. The Kier molecular flexibility index (Phi) is 17.4. The normalized spacial score (nSPS) is 13.4. The van der Waals surface area contributed by atoms with Gasteiger partial charge in [-0.15, -0.1) is 0 Å². The Bertz CT molecular complexity index is 3520. The molecule has 10 aromatic rings. The molecule has 10 heteroatoms. The van der Waals surface area contributed by atoms with Crippen LogP contribution in [0, 0.1) is 0 Å². The van der Waals surface area contributed by atoms with Crippen molar-refractivity contribution in [3.8, 4) is 46.0 Å². The van der Waals surface area contributed by atoms with E-state index in [2.05, 4.69) is 0 Å². The van der Waals surface area contributed by atoms with Crippen molar-refractivity contribution in [1.29, 1.82) is 0 Å². The van der Waals surface area contributed by atoms with E-state index in [4.69, 9.17) is 42.6 Å². The molecule has 1 heterocycles. The summed E-state index contributed by atoms with van der Waals surface area (Å²) in [5.41, 5.74) is 8.34. The van der Waals surface area contributed by atoms with Crippen molar-refractivity contribution >= 4 is 5.97 Å². The molecule has 81 heavy (non-hydrogen) atoms. The summed E-state index contributed by atoms with van der Waals surface area (Å²) in [6.07, 6.45) is -1.68. The van der Waals surface area contributed by atoms with Gasteiger partial charge in [0.2, 0.25) is 5.75 Å². The maximum atomic E-state index is 15.0. The predicted molar refractivity (Wildman–Crippen MR) is 311 cm³/mol. The highest BCUT2D eigenvalue weighted by Gasteiger charge is 2.38. The van der Waals surface area contributed by atoms with Gasteiger partial charge in [-0.2, -0.15) is 0 Å². The van der Waals surface area contributed by atoms with E-state index < -0.39 is 18.2 Å². The molecule has 0 amide bonds. The number of rotatable bonds is 24. The van der Waals surface area contributed by atoms with E-state index in [-0.39, 0.29) is 45.0 Å². The van der Waals surface area contributed by atoms with Gasteiger partial charge in [-0.05, 0) is 69.3 Å². The first kappa shape index (κ1) is 53.1. The van der Waals surface area contributed by atoms with E-state index in [9.17, 15) is 0 Å². The van der Waals surface area contributed by atoms with Gasteiger partial charge >= 0.3 is 5.97 Å². The van der Waals surface area contributed by atoms with Gasteiger partial charge in [-0.3, -0.25) is 0 Å². The summed E-state index contributed by atoms with van der Waals surface area (Å²) in [7, 11) is 0. The first-order valence-corrected chi connectivity index (χ1v) is 27.1. The molecule has 0 aliphatic carbocycles. The van der Waals surface area contributed by atoms with Crippen molar-refractivity contribution < 1.29 is 47.4 Å². The van der Waals surface area contributed by atoms with Gasteiger partial charge in [-0.25, -0.2) is 4.79 Å². The Labute approximate surface area is 472 Å². The third-order valence-corrected chi connectivity index (χ3v) is 13.6. The van der Waals surface area contributed by atoms with Gasteiger partial charge in [0.25, 0.3) is 0 Å². The zero-order valence-electron chi connectivity index (χ0n) is 44.6. The van der Waals surface area contributed by atoms with Gasteiger partial charge in [-0.1, -0.05) is 212 Å². The quantitative estimate of drug-likeness (QED) is 0.0544. The Morgan fingerprint density at radius 3 is 1.16 bits per heavy atom. The minimum Gasteiger partial charge on any atom is -0.489 e. The molecule has 2 atom stereocenters. The molecule has 10 aromatic carbocycles. The van der Waals surface area contributed by atoms with Crippen LogP contribution >= 0.6 is 0 Å². The lowest BCUT2D eigenvalue weighted by Gasteiger charge is -2.35. The van der Waals surface area contributed by atoms with Gasteiger partial charge in [0.15, 0.2) is 29.1 Å². The number of carbonyl (C=O) groups excluding carboxylic acids is 1. The van der Waals surface area contributed by atoms with Crippen molar-refractivity contribution in [1.82, 2.24) is 0 Å². The predicted octanol–water partition coefficient (Wildman–Crippen LogP) is 15.6. The monoisotopic (exact) mass is 1070 g/mol. The average molecular weight is 1070 g/mol. The Morgan fingerprint density at radius 1 is 0.358 bits per heavy atom. The molecule has 404 valence electrons. The minimum atomic E-state index is -0.942. The van der Waals surface area contributed by atoms with Crippen LogP contribution in [0.25, 0.3) is 0 Å². The van der Waals surface area contributed by atoms with E-state index in [0.29, 0.717) is 70.3 Å². The number of benzene rings is 10. The molecule has 0 fully saturated rings. The molecule has 0 radical (unpaired) electrons. The summed E-state index contributed by atoms with van der Waals surface area (Å²) < 4.78 is 60.2. The van der Waals surface area contributed by atoms with Crippen molar-refractivity contribution in [2.24, 2.45) is 0 Å². The fourth-order valence-electron chi connectivity index (χ4n) is 9.36.